The van der Waals surface area contributed by atoms with Crippen molar-refractivity contribution in [1.82, 2.24) is 5.32 Å². The van der Waals surface area contributed by atoms with E-state index in [1.807, 2.05) is 0 Å². The first-order chi connectivity index (χ1) is 7.47. The second-order valence-corrected chi connectivity index (χ2v) is 5.29. The lowest BCUT2D eigenvalue weighted by atomic mass is 9.83. The highest BCUT2D eigenvalue weighted by Gasteiger charge is 2.19. The van der Waals surface area contributed by atoms with Gasteiger partial charge in [0.05, 0.1) is 0 Å². The normalized spacial score (nSPS) is 12.1. The highest BCUT2D eigenvalue weighted by atomic mass is 15.0. The summed E-state index contributed by atoms with van der Waals surface area (Å²) in [5.74, 6) is 0.597. The molecule has 1 rings (SSSR count). The van der Waals surface area contributed by atoms with E-state index in [2.05, 4.69) is 57.3 Å². The summed E-state index contributed by atoms with van der Waals surface area (Å²) in [4.78, 5) is 0. The monoisotopic (exact) mass is 220 g/mol. The number of rotatable bonds is 5. The summed E-state index contributed by atoms with van der Waals surface area (Å²) in [5, 5.41) is 3.20. The van der Waals surface area contributed by atoms with Crippen molar-refractivity contribution in [3.63, 3.8) is 0 Å². The van der Waals surface area contributed by atoms with Crippen LogP contribution in [-0.2, 0) is 5.41 Å². The molecular weight excluding hydrogens is 196 g/mol. The van der Waals surface area contributed by atoms with Gasteiger partial charge in [-0.2, -0.15) is 0 Å². The quantitative estimate of drug-likeness (QED) is 0.749. The molecule has 16 heavy (non-hydrogen) atoms. The smallest absolute Gasteiger partial charge is 0.0429 e. The summed E-state index contributed by atoms with van der Waals surface area (Å²) < 4.78 is 0. The fourth-order valence-electron chi connectivity index (χ4n) is 1.81. The Bertz CT molecular complexity index is 312. The average Bonchev–Trinajstić information content (AvgIpc) is 2.26. The van der Waals surface area contributed by atoms with Crippen molar-refractivity contribution in [3.8, 4) is 0 Å². The number of nitrogens with two attached hydrogens (primary N) is 1. The first kappa shape index (κ1) is 13.2. The lowest BCUT2D eigenvalue weighted by Crippen LogP contribution is -2.35. The van der Waals surface area contributed by atoms with Gasteiger partial charge in [-0.15, -0.1) is 0 Å². The lowest BCUT2D eigenvalue weighted by Gasteiger charge is -2.26. The van der Waals surface area contributed by atoms with Gasteiger partial charge < -0.3 is 11.1 Å². The third-order valence-electron chi connectivity index (χ3n) is 3.07. The van der Waals surface area contributed by atoms with E-state index in [-0.39, 0.29) is 5.41 Å². The molecule has 0 atom stereocenters. The summed E-state index contributed by atoms with van der Waals surface area (Å²) in [6.07, 6.45) is 0. The van der Waals surface area contributed by atoms with Crippen LogP contribution in [0.5, 0.6) is 0 Å². The van der Waals surface area contributed by atoms with Crippen molar-refractivity contribution in [1.29, 1.82) is 0 Å². The minimum Gasteiger partial charge on any atom is -0.318 e. The Hall–Kier alpha value is -0.860. The van der Waals surface area contributed by atoms with Gasteiger partial charge in [-0.3, -0.25) is 0 Å². The van der Waals surface area contributed by atoms with Crippen molar-refractivity contribution < 1.29 is 0 Å². The largest absolute Gasteiger partial charge is 0.318 e. The molecule has 0 aromatic heterocycles. The van der Waals surface area contributed by atoms with Crippen LogP contribution >= 0.6 is 0 Å². The van der Waals surface area contributed by atoms with Gasteiger partial charge in [0.1, 0.15) is 0 Å². The van der Waals surface area contributed by atoms with Crippen LogP contribution in [0.2, 0.25) is 0 Å². The third kappa shape index (κ3) is 3.32. The van der Waals surface area contributed by atoms with E-state index in [0.717, 1.165) is 6.54 Å². The van der Waals surface area contributed by atoms with E-state index in [1.54, 1.807) is 0 Å². The van der Waals surface area contributed by atoms with Crippen molar-refractivity contribution >= 4 is 0 Å². The van der Waals surface area contributed by atoms with E-state index in [0.29, 0.717) is 12.6 Å². The molecule has 0 amide bonds. The molecule has 0 saturated heterocycles. The molecule has 1 aromatic rings. The van der Waals surface area contributed by atoms with Crippen LogP contribution in [0.15, 0.2) is 24.3 Å². The zero-order valence-electron chi connectivity index (χ0n) is 10.9. The predicted octanol–water partition coefficient (Wildman–Crippen LogP) is 2.59. The Kier molecular flexibility index (Phi) is 4.51. The van der Waals surface area contributed by atoms with E-state index in [4.69, 9.17) is 5.73 Å². The SMILES string of the molecule is CC(C)c1ccc(C(C)(C)CNCN)cc1. The van der Waals surface area contributed by atoms with Gasteiger partial charge in [0.15, 0.2) is 0 Å². The minimum absolute atomic E-state index is 0.134. The van der Waals surface area contributed by atoms with Crippen LogP contribution in [0.3, 0.4) is 0 Å². The summed E-state index contributed by atoms with van der Waals surface area (Å²) in [7, 11) is 0. The fourth-order valence-corrected chi connectivity index (χ4v) is 1.81. The zero-order valence-corrected chi connectivity index (χ0v) is 10.9. The van der Waals surface area contributed by atoms with Gasteiger partial charge >= 0.3 is 0 Å². The minimum atomic E-state index is 0.134. The van der Waals surface area contributed by atoms with Crippen LogP contribution in [0.4, 0.5) is 0 Å². The van der Waals surface area contributed by atoms with Crippen molar-refractivity contribution in [2.75, 3.05) is 13.2 Å². The molecule has 0 spiro atoms. The van der Waals surface area contributed by atoms with Crippen molar-refractivity contribution in [2.24, 2.45) is 5.73 Å². The average molecular weight is 220 g/mol. The van der Waals surface area contributed by atoms with E-state index in [9.17, 15) is 0 Å². The van der Waals surface area contributed by atoms with E-state index >= 15 is 0 Å². The van der Waals surface area contributed by atoms with Crippen LogP contribution < -0.4 is 11.1 Å². The highest BCUT2D eigenvalue weighted by Crippen LogP contribution is 2.24. The third-order valence-corrected chi connectivity index (χ3v) is 3.07. The maximum absolute atomic E-state index is 5.47. The predicted molar refractivity (Wildman–Crippen MR) is 70.6 cm³/mol. The molecule has 0 bridgehead atoms. The molecule has 0 aliphatic carbocycles. The Balaban J connectivity index is 2.79. The Morgan fingerprint density at radius 1 is 1.19 bits per heavy atom. The fraction of sp³-hybridized carbons (Fsp3) is 0.571. The summed E-state index contributed by atoms with van der Waals surface area (Å²) in [6.45, 7) is 10.4. The molecule has 0 saturated carbocycles. The van der Waals surface area contributed by atoms with Crippen LogP contribution in [0.25, 0.3) is 0 Å². The molecule has 3 N–H and O–H groups in total. The van der Waals surface area contributed by atoms with E-state index in [1.165, 1.54) is 11.1 Å². The number of hydrogen-bond acceptors (Lipinski definition) is 2. The molecule has 0 heterocycles. The molecule has 90 valence electrons. The molecule has 2 nitrogen and oxygen atoms in total. The lowest BCUT2D eigenvalue weighted by molar-refractivity contribution is 0.474. The Morgan fingerprint density at radius 3 is 2.19 bits per heavy atom. The van der Waals surface area contributed by atoms with Gasteiger partial charge in [-0.1, -0.05) is 52.0 Å². The maximum Gasteiger partial charge on any atom is 0.0429 e. The van der Waals surface area contributed by atoms with Gasteiger partial charge in [0, 0.05) is 18.6 Å². The summed E-state index contributed by atoms with van der Waals surface area (Å²) in [5.41, 5.74) is 8.35. The standard InChI is InChI=1S/C14H24N2/c1-11(2)12-5-7-13(8-6-12)14(3,4)9-16-10-15/h5-8,11,16H,9-10,15H2,1-4H3. The maximum atomic E-state index is 5.47. The van der Waals surface area contributed by atoms with Crippen molar-refractivity contribution in [2.45, 2.75) is 39.0 Å². The van der Waals surface area contributed by atoms with Crippen LogP contribution in [0, 0.1) is 0 Å². The molecule has 0 fully saturated rings. The topological polar surface area (TPSA) is 38.0 Å². The molecular formula is C14H24N2. The van der Waals surface area contributed by atoms with Gasteiger partial charge in [-0.25, -0.2) is 0 Å². The van der Waals surface area contributed by atoms with E-state index < -0.39 is 0 Å². The Labute approximate surface area is 99.2 Å². The first-order valence-electron chi connectivity index (χ1n) is 5.98. The highest BCUT2D eigenvalue weighted by molar-refractivity contribution is 5.29. The zero-order chi connectivity index (χ0) is 12.2. The van der Waals surface area contributed by atoms with Gasteiger partial charge in [-0.05, 0) is 17.0 Å². The van der Waals surface area contributed by atoms with Crippen molar-refractivity contribution in [3.05, 3.63) is 35.4 Å². The summed E-state index contributed by atoms with van der Waals surface area (Å²) >= 11 is 0. The number of benzene rings is 1. The molecule has 0 aliphatic rings. The Morgan fingerprint density at radius 2 is 1.75 bits per heavy atom. The molecule has 0 unspecified atom stereocenters. The van der Waals surface area contributed by atoms with Crippen LogP contribution in [-0.4, -0.2) is 13.2 Å². The molecule has 0 radical (unpaired) electrons. The molecule has 2 heteroatoms. The van der Waals surface area contributed by atoms with Crippen LogP contribution in [0.1, 0.15) is 44.7 Å². The molecule has 0 aliphatic heterocycles. The number of nitrogens with one attached hydrogen (secondary N) is 1. The second kappa shape index (κ2) is 5.46. The second-order valence-electron chi connectivity index (χ2n) is 5.29. The van der Waals surface area contributed by atoms with Gasteiger partial charge in [0.2, 0.25) is 0 Å². The first-order valence-corrected chi connectivity index (χ1v) is 5.98. The summed E-state index contributed by atoms with van der Waals surface area (Å²) in [6, 6.07) is 8.91. The van der Waals surface area contributed by atoms with Gasteiger partial charge in [0.25, 0.3) is 0 Å². The molecule has 1 aromatic carbocycles. The number of hydrogen-bond donors (Lipinski definition) is 2.